The molecule has 2 aliphatic rings. The van der Waals surface area contributed by atoms with Gasteiger partial charge in [-0.25, -0.2) is 9.61 Å². The van der Waals surface area contributed by atoms with Crippen LogP contribution in [-0.4, -0.2) is 74.6 Å². The van der Waals surface area contributed by atoms with Crippen molar-refractivity contribution >= 4 is 11.8 Å². The van der Waals surface area contributed by atoms with Gasteiger partial charge in [0.25, 0.3) is 5.91 Å². The van der Waals surface area contributed by atoms with E-state index in [1.54, 1.807) is 19.3 Å². The van der Waals surface area contributed by atoms with Gasteiger partial charge in [-0.05, 0) is 39.8 Å². The minimum atomic E-state index is -0.613. The average Bonchev–Trinajstić information content (AvgIpc) is 3.37. The molecule has 2 aromatic heterocycles. The van der Waals surface area contributed by atoms with Crippen LogP contribution in [0.2, 0.25) is 0 Å². The number of fused-ring (bicyclic) bond motifs is 1. The third kappa shape index (κ3) is 3.17. The lowest BCUT2D eigenvalue weighted by atomic mass is 9.67. The molecular weight excluding hydrogens is 362 g/mol. The molecule has 0 unspecified atom stereocenters. The Hall–Kier alpha value is -2.75. The monoisotopic (exact) mass is 387 g/mol. The molecule has 0 radical (unpaired) electrons. The van der Waals surface area contributed by atoms with Crippen LogP contribution in [-0.2, 0) is 11.3 Å². The first-order valence-electron chi connectivity index (χ1n) is 9.56. The van der Waals surface area contributed by atoms with Gasteiger partial charge in [-0.1, -0.05) is 10.3 Å². The van der Waals surface area contributed by atoms with Crippen LogP contribution in [0.15, 0.2) is 17.0 Å². The molecule has 0 aromatic carbocycles. The van der Waals surface area contributed by atoms with Crippen LogP contribution >= 0.6 is 0 Å². The predicted molar refractivity (Wildman–Crippen MR) is 98.1 cm³/mol. The van der Waals surface area contributed by atoms with Gasteiger partial charge in [0.1, 0.15) is 11.4 Å². The molecule has 4 rings (SSSR count). The molecule has 2 atom stereocenters. The number of rotatable bonds is 4. The second kappa shape index (κ2) is 7.34. The highest BCUT2D eigenvalue weighted by Crippen LogP contribution is 2.43. The Bertz CT molecular complexity index is 849. The van der Waals surface area contributed by atoms with Crippen molar-refractivity contribution in [2.45, 2.75) is 38.8 Å². The summed E-state index contributed by atoms with van der Waals surface area (Å²) in [7, 11) is 2.02. The number of amides is 2. The standard InChI is InChI=1S/C18H25N7O3/c1-12-13(23-28-22-12)10-21-17(27)18-4-3-8-25(14(18)11-24(2)9-5-18)16(26)15-19-6-7-20-15/h6-7,14H,3-5,8-11H2,1-2H3,(H,19,20)(H,21,27)/t14-,18+/m0/s1. The Morgan fingerprint density at radius 1 is 1.36 bits per heavy atom. The van der Waals surface area contributed by atoms with E-state index in [4.69, 9.17) is 4.63 Å². The zero-order chi connectivity index (χ0) is 19.7. The smallest absolute Gasteiger partial charge is 0.289 e. The first-order chi connectivity index (χ1) is 13.5. The molecule has 0 spiro atoms. The fourth-order valence-corrected chi connectivity index (χ4v) is 4.42. The lowest BCUT2D eigenvalue weighted by Crippen LogP contribution is -2.66. The van der Waals surface area contributed by atoms with Crippen molar-refractivity contribution in [1.29, 1.82) is 0 Å². The van der Waals surface area contributed by atoms with Gasteiger partial charge in [-0.3, -0.25) is 9.59 Å². The van der Waals surface area contributed by atoms with Crippen LogP contribution in [0.1, 0.15) is 41.3 Å². The number of aryl methyl sites for hydroxylation is 1. The van der Waals surface area contributed by atoms with Crippen LogP contribution < -0.4 is 5.32 Å². The molecule has 2 aliphatic heterocycles. The minimum absolute atomic E-state index is 0.0371. The van der Waals surface area contributed by atoms with Crippen molar-refractivity contribution in [1.82, 2.24) is 35.4 Å². The highest BCUT2D eigenvalue weighted by molar-refractivity contribution is 5.92. The van der Waals surface area contributed by atoms with E-state index in [1.807, 2.05) is 11.9 Å². The summed E-state index contributed by atoms with van der Waals surface area (Å²) in [6.07, 6.45) is 5.45. The Morgan fingerprint density at radius 2 is 2.21 bits per heavy atom. The second-order valence-electron chi connectivity index (χ2n) is 7.70. The molecule has 0 aliphatic carbocycles. The number of carbonyl (C=O) groups excluding carboxylic acids is 2. The summed E-state index contributed by atoms with van der Waals surface area (Å²) in [6.45, 7) is 4.16. The first-order valence-corrected chi connectivity index (χ1v) is 9.56. The molecule has 0 saturated carbocycles. The van der Waals surface area contributed by atoms with E-state index in [2.05, 4.69) is 30.5 Å². The Labute approximate surface area is 162 Å². The number of hydrogen-bond donors (Lipinski definition) is 2. The molecule has 2 fully saturated rings. The van der Waals surface area contributed by atoms with Crippen molar-refractivity contribution in [2.75, 3.05) is 26.7 Å². The molecule has 28 heavy (non-hydrogen) atoms. The number of nitrogens with zero attached hydrogens (tertiary/aromatic N) is 5. The summed E-state index contributed by atoms with van der Waals surface area (Å²) in [5.41, 5.74) is 0.669. The van der Waals surface area contributed by atoms with Crippen molar-refractivity contribution in [3.63, 3.8) is 0 Å². The molecule has 150 valence electrons. The average molecular weight is 387 g/mol. The van der Waals surface area contributed by atoms with Crippen LogP contribution in [0, 0.1) is 12.3 Å². The fourth-order valence-electron chi connectivity index (χ4n) is 4.42. The summed E-state index contributed by atoms with van der Waals surface area (Å²) in [5, 5.41) is 10.6. The number of aromatic nitrogens is 4. The number of likely N-dealkylation sites (tertiary alicyclic amines) is 2. The maximum absolute atomic E-state index is 13.4. The summed E-state index contributed by atoms with van der Waals surface area (Å²) in [4.78, 5) is 37.4. The maximum atomic E-state index is 13.4. The van der Waals surface area contributed by atoms with Gasteiger partial charge in [0.2, 0.25) is 5.91 Å². The fraction of sp³-hybridized carbons (Fsp3) is 0.611. The SMILES string of the molecule is Cc1nonc1CNC(=O)[C@@]12CCCN(C(=O)c3ncc[nH]3)[C@H]1CN(C)CC2. The summed E-state index contributed by atoms with van der Waals surface area (Å²) in [5.74, 6) is 0.123. The number of nitrogens with one attached hydrogen (secondary N) is 2. The van der Waals surface area contributed by atoms with Crippen molar-refractivity contribution in [3.05, 3.63) is 29.6 Å². The van der Waals surface area contributed by atoms with Crippen molar-refractivity contribution < 1.29 is 14.2 Å². The van der Waals surface area contributed by atoms with E-state index >= 15 is 0 Å². The van der Waals surface area contributed by atoms with E-state index in [0.717, 1.165) is 19.4 Å². The van der Waals surface area contributed by atoms with E-state index < -0.39 is 5.41 Å². The van der Waals surface area contributed by atoms with Gasteiger partial charge >= 0.3 is 0 Å². The zero-order valence-electron chi connectivity index (χ0n) is 16.1. The van der Waals surface area contributed by atoms with Crippen LogP contribution in [0.4, 0.5) is 0 Å². The van der Waals surface area contributed by atoms with E-state index in [0.29, 0.717) is 36.7 Å². The maximum Gasteiger partial charge on any atom is 0.289 e. The molecule has 0 bridgehead atoms. The summed E-state index contributed by atoms with van der Waals surface area (Å²) >= 11 is 0. The van der Waals surface area contributed by atoms with Crippen LogP contribution in [0.3, 0.4) is 0 Å². The number of imidazole rings is 1. The van der Waals surface area contributed by atoms with E-state index in [9.17, 15) is 9.59 Å². The highest BCUT2D eigenvalue weighted by Gasteiger charge is 2.53. The molecule has 2 saturated heterocycles. The Kier molecular flexibility index (Phi) is 4.88. The largest absolute Gasteiger partial charge is 0.350 e. The first kappa shape index (κ1) is 18.6. The van der Waals surface area contributed by atoms with Crippen molar-refractivity contribution in [3.8, 4) is 0 Å². The number of aromatic amines is 1. The summed E-state index contributed by atoms with van der Waals surface area (Å²) < 4.78 is 4.71. The Balaban J connectivity index is 1.58. The topological polar surface area (TPSA) is 120 Å². The van der Waals surface area contributed by atoms with Gasteiger partial charge in [0.15, 0.2) is 5.82 Å². The molecule has 2 aromatic rings. The van der Waals surface area contributed by atoms with Gasteiger partial charge in [-0.15, -0.1) is 0 Å². The molecule has 10 heteroatoms. The molecule has 2 amide bonds. The predicted octanol–water partition coefficient (Wildman–Crippen LogP) is 0.344. The number of hydrogen-bond acceptors (Lipinski definition) is 7. The normalized spacial score (nSPS) is 25.4. The van der Waals surface area contributed by atoms with E-state index in [-0.39, 0.29) is 24.4 Å². The number of likely N-dealkylation sites (N-methyl/N-ethyl adjacent to an activating group) is 1. The molecule has 4 heterocycles. The molecular formula is C18H25N7O3. The highest BCUT2D eigenvalue weighted by atomic mass is 16.6. The van der Waals surface area contributed by atoms with Gasteiger partial charge in [0, 0.05) is 25.5 Å². The number of carbonyl (C=O) groups is 2. The zero-order valence-corrected chi connectivity index (χ0v) is 16.1. The summed E-state index contributed by atoms with van der Waals surface area (Å²) in [6, 6.07) is -0.200. The van der Waals surface area contributed by atoms with Crippen LogP contribution in [0.25, 0.3) is 0 Å². The third-order valence-corrected chi connectivity index (χ3v) is 6.04. The Morgan fingerprint density at radius 3 is 2.93 bits per heavy atom. The second-order valence-corrected chi connectivity index (χ2v) is 7.70. The third-order valence-electron chi connectivity index (χ3n) is 6.04. The van der Waals surface area contributed by atoms with Gasteiger partial charge < -0.3 is 20.1 Å². The lowest BCUT2D eigenvalue weighted by Gasteiger charge is -2.53. The number of H-pyrrole nitrogens is 1. The molecule has 2 N–H and O–H groups in total. The van der Waals surface area contributed by atoms with E-state index in [1.165, 1.54) is 0 Å². The molecule has 10 nitrogen and oxygen atoms in total. The number of piperidine rings is 2. The van der Waals surface area contributed by atoms with Crippen LogP contribution in [0.5, 0.6) is 0 Å². The van der Waals surface area contributed by atoms with Crippen molar-refractivity contribution in [2.24, 2.45) is 5.41 Å². The quantitative estimate of drug-likeness (QED) is 0.776. The lowest BCUT2D eigenvalue weighted by molar-refractivity contribution is -0.142. The van der Waals surface area contributed by atoms with Gasteiger partial charge in [-0.2, -0.15) is 0 Å². The minimum Gasteiger partial charge on any atom is -0.350 e. The van der Waals surface area contributed by atoms with Gasteiger partial charge in [0.05, 0.1) is 18.0 Å².